The molecule has 0 saturated heterocycles. The first-order chi connectivity index (χ1) is 14.8. The zero-order valence-corrected chi connectivity index (χ0v) is 17.8. The molecule has 11 heteroatoms. The molecule has 3 aromatic heterocycles. The molecular weight excluding hydrogens is 453 g/mol. The summed E-state index contributed by atoms with van der Waals surface area (Å²) < 4.78 is 46.0. The highest BCUT2D eigenvalue weighted by atomic mass is 35.5. The fourth-order valence-electron chi connectivity index (χ4n) is 3.37. The number of halogens is 4. The minimum absolute atomic E-state index is 0.0211. The maximum absolute atomic E-state index is 13.1. The van der Waals surface area contributed by atoms with Gasteiger partial charge in [0.25, 0.3) is 0 Å². The number of hydrogen-bond donors (Lipinski definition) is 0. The van der Waals surface area contributed by atoms with E-state index < -0.39 is 11.7 Å². The largest absolute Gasteiger partial charge is 0.467 e. The number of hydrogen-bond acceptors (Lipinski definition) is 5. The predicted octanol–water partition coefficient (Wildman–Crippen LogP) is 5.57. The molecule has 4 rings (SSSR count). The lowest BCUT2D eigenvalue weighted by Gasteiger charge is -2.27. The Morgan fingerprint density at radius 1 is 1.32 bits per heavy atom. The summed E-state index contributed by atoms with van der Waals surface area (Å²) in [5, 5.41) is 7.77. The third kappa shape index (κ3) is 4.90. The quantitative estimate of drug-likeness (QED) is 0.440. The zero-order valence-electron chi connectivity index (χ0n) is 16.2. The molecule has 0 saturated carbocycles. The van der Waals surface area contributed by atoms with Crippen molar-refractivity contribution < 1.29 is 22.4 Å². The smallest absolute Gasteiger partial charge is 0.417 e. The average molecular weight is 471 g/mol. The van der Waals surface area contributed by atoms with E-state index >= 15 is 0 Å². The van der Waals surface area contributed by atoms with Crippen molar-refractivity contribution in [1.29, 1.82) is 0 Å². The number of carbonyl (C=O) groups excluding carboxylic acids is 1. The lowest BCUT2D eigenvalue weighted by molar-refractivity contribution is -0.138. The van der Waals surface area contributed by atoms with E-state index in [2.05, 4.69) is 16.3 Å². The number of allylic oxidation sites excluding steroid dienone is 2. The van der Waals surface area contributed by atoms with Crippen LogP contribution in [0.5, 0.6) is 0 Å². The molecule has 1 aliphatic carbocycles. The molecule has 31 heavy (non-hydrogen) atoms. The van der Waals surface area contributed by atoms with E-state index in [1.54, 1.807) is 23.3 Å². The molecule has 6 nitrogen and oxygen atoms in total. The third-order valence-corrected chi connectivity index (χ3v) is 6.10. The SMILES string of the molecule is O=C(CSc1nnc2c(Cl)cc(C(F)(F)F)cn12)N(Cc1ccco1)C1=CCCCC1. The van der Waals surface area contributed by atoms with Gasteiger partial charge in [-0.05, 0) is 43.9 Å². The van der Waals surface area contributed by atoms with Crippen molar-refractivity contribution in [2.24, 2.45) is 0 Å². The Bertz CT molecular complexity index is 1110. The highest BCUT2D eigenvalue weighted by Crippen LogP contribution is 2.33. The topological polar surface area (TPSA) is 63.6 Å². The van der Waals surface area contributed by atoms with E-state index in [0.717, 1.165) is 55.4 Å². The molecule has 0 aliphatic heterocycles. The van der Waals surface area contributed by atoms with Crippen LogP contribution in [0.4, 0.5) is 13.2 Å². The molecule has 0 unspecified atom stereocenters. The number of carbonyl (C=O) groups is 1. The van der Waals surface area contributed by atoms with Crippen molar-refractivity contribution in [2.75, 3.05) is 5.75 Å². The minimum atomic E-state index is -4.56. The van der Waals surface area contributed by atoms with Crippen LogP contribution >= 0.6 is 23.4 Å². The number of aromatic nitrogens is 3. The number of furan rings is 1. The second-order valence-corrected chi connectivity index (χ2v) is 8.39. The Balaban J connectivity index is 1.55. The Morgan fingerprint density at radius 2 is 2.16 bits per heavy atom. The summed E-state index contributed by atoms with van der Waals surface area (Å²) in [6.45, 7) is 0.295. The molecule has 0 radical (unpaired) electrons. The molecule has 1 aliphatic rings. The standard InChI is InChI=1S/C20H18ClF3N4O2S/c21-16-9-13(20(22,23)24)10-28-18(16)25-26-19(28)31-12-17(29)27(11-15-7-4-8-30-15)14-5-2-1-3-6-14/h4-5,7-10H,1-3,6,11-12H2. The van der Waals surface area contributed by atoms with E-state index in [-0.39, 0.29) is 27.5 Å². The van der Waals surface area contributed by atoms with Gasteiger partial charge in [-0.25, -0.2) is 0 Å². The molecule has 0 fully saturated rings. The number of rotatable bonds is 6. The van der Waals surface area contributed by atoms with Crippen molar-refractivity contribution in [2.45, 2.75) is 43.6 Å². The Labute approximate surface area is 185 Å². The van der Waals surface area contributed by atoms with E-state index in [9.17, 15) is 18.0 Å². The monoisotopic (exact) mass is 470 g/mol. The fraction of sp³-hybridized carbons (Fsp3) is 0.350. The summed E-state index contributed by atoms with van der Waals surface area (Å²) in [6.07, 6.45) is 3.69. The average Bonchev–Trinajstić information content (AvgIpc) is 3.40. The molecule has 0 bridgehead atoms. The van der Waals surface area contributed by atoms with Crippen LogP contribution in [-0.2, 0) is 17.5 Å². The molecule has 0 N–H and O–H groups in total. The van der Waals surface area contributed by atoms with E-state index in [1.165, 1.54) is 4.40 Å². The van der Waals surface area contributed by atoms with E-state index in [0.29, 0.717) is 12.3 Å². The van der Waals surface area contributed by atoms with Crippen LogP contribution in [0.3, 0.4) is 0 Å². The number of nitrogens with zero attached hydrogens (tertiary/aromatic N) is 4. The summed E-state index contributed by atoms with van der Waals surface area (Å²) in [5.74, 6) is 0.441. The van der Waals surface area contributed by atoms with Crippen molar-refractivity contribution in [3.63, 3.8) is 0 Å². The van der Waals surface area contributed by atoms with Crippen LogP contribution in [0.2, 0.25) is 5.02 Å². The van der Waals surface area contributed by atoms with Gasteiger partial charge in [-0.15, -0.1) is 10.2 Å². The minimum Gasteiger partial charge on any atom is -0.467 e. The van der Waals surface area contributed by atoms with Crippen LogP contribution in [-0.4, -0.2) is 31.2 Å². The van der Waals surface area contributed by atoms with Gasteiger partial charge in [0.05, 0.1) is 29.1 Å². The Hall–Kier alpha value is -2.46. The normalized spacial score (nSPS) is 14.6. The van der Waals surface area contributed by atoms with E-state index in [1.807, 2.05) is 0 Å². The summed E-state index contributed by atoms with van der Waals surface area (Å²) >= 11 is 6.96. The molecule has 1 amide bonds. The number of fused-ring (bicyclic) bond motifs is 1. The summed E-state index contributed by atoms with van der Waals surface area (Å²) in [6, 6.07) is 4.36. The highest BCUT2D eigenvalue weighted by molar-refractivity contribution is 7.99. The summed E-state index contributed by atoms with van der Waals surface area (Å²) in [4.78, 5) is 14.7. The van der Waals surface area contributed by atoms with Crippen molar-refractivity contribution in [1.82, 2.24) is 19.5 Å². The second-order valence-electron chi connectivity index (χ2n) is 7.04. The first-order valence-electron chi connectivity index (χ1n) is 9.59. The van der Waals surface area contributed by atoms with Gasteiger partial charge in [-0.1, -0.05) is 29.4 Å². The van der Waals surface area contributed by atoms with Gasteiger partial charge in [0, 0.05) is 11.9 Å². The molecular formula is C20H18ClF3N4O2S. The molecule has 0 spiro atoms. The van der Waals surface area contributed by atoms with Crippen LogP contribution in [0.25, 0.3) is 5.65 Å². The van der Waals surface area contributed by atoms with Crippen molar-refractivity contribution in [3.05, 3.63) is 58.8 Å². The van der Waals surface area contributed by atoms with Crippen molar-refractivity contribution in [3.8, 4) is 0 Å². The third-order valence-electron chi connectivity index (χ3n) is 4.89. The van der Waals surface area contributed by atoms with Gasteiger partial charge in [0.1, 0.15) is 5.76 Å². The van der Waals surface area contributed by atoms with Crippen LogP contribution in [0.1, 0.15) is 37.0 Å². The first-order valence-corrected chi connectivity index (χ1v) is 11.0. The molecule has 164 valence electrons. The Morgan fingerprint density at radius 3 is 2.84 bits per heavy atom. The van der Waals surface area contributed by atoms with Gasteiger partial charge in [-0.2, -0.15) is 13.2 Å². The summed E-state index contributed by atoms with van der Waals surface area (Å²) in [5.41, 5.74) is 0.124. The second kappa shape index (κ2) is 8.96. The number of alkyl halides is 3. The number of amides is 1. The molecule has 0 aromatic carbocycles. The first kappa shape index (κ1) is 21.8. The molecule has 0 atom stereocenters. The predicted molar refractivity (Wildman–Crippen MR) is 110 cm³/mol. The van der Waals surface area contributed by atoms with Gasteiger partial charge >= 0.3 is 6.18 Å². The van der Waals surface area contributed by atoms with Gasteiger partial charge in [0.2, 0.25) is 5.91 Å². The lowest BCUT2D eigenvalue weighted by atomic mass is 10.0. The van der Waals surface area contributed by atoms with Crippen LogP contribution < -0.4 is 0 Å². The maximum Gasteiger partial charge on any atom is 0.417 e. The lowest BCUT2D eigenvalue weighted by Crippen LogP contribution is -2.32. The number of pyridine rings is 1. The van der Waals surface area contributed by atoms with Gasteiger partial charge < -0.3 is 9.32 Å². The molecule has 3 aromatic rings. The van der Waals surface area contributed by atoms with Crippen molar-refractivity contribution >= 4 is 34.9 Å². The summed E-state index contributed by atoms with van der Waals surface area (Å²) in [7, 11) is 0. The van der Waals surface area contributed by atoms with E-state index in [4.69, 9.17) is 16.0 Å². The fourth-order valence-corrected chi connectivity index (χ4v) is 4.40. The Kier molecular flexibility index (Phi) is 6.29. The zero-order chi connectivity index (χ0) is 22.0. The number of thioether (sulfide) groups is 1. The van der Waals surface area contributed by atoms with Crippen LogP contribution in [0.15, 0.2) is 52.0 Å². The van der Waals surface area contributed by atoms with Gasteiger partial charge in [0.15, 0.2) is 10.8 Å². The molecule has 3 heterocycles. The highest BCUT2D eigenvalue weighted by Gasteiger charge is 2.32. The van der Waals surface area contributed by atoms with Gasteiger partial charge in [-0.3, -0.25) is 9.20 Å². The maximum atomic E-state index is 13.1. The van der Waals surface area contributed by atoms with Crippen LogP contribution in [0, 0.1) is 0 Å².